The van der Waals surface area contributed by atoms with Crippen LogP contribution in [0.2, 0.25) is 0 Å². The minimum absolute atomic E-state index is 0.0808. The van der Waals surface area contributed by atoms with Crippen LogP contribution in [0.3, 0.4) is 0 Å². The molecule has 5 rings (SSSR count). The summed E-state index contributed by atoms with van der Waals surface area (Å²) in [4.78, 5) is 0. The molecule has 1 aliphatic rings. The molecule has 0 amide bonds. The summed E-state index contributed by atoms with van der Waals surface area (Å²) in [5, 5.41) is 5.56. The van der Waals surface area contributed by atoms with E-state index in [9.17, 15) is 0 Å². The molecular weight excluding hydrogens is 340 g/mol. The van der Waals surface area contributed by atoms with Crippen LogP contribution in [0, 0.1) is 0 Å². The molecule has 5 heteroatoms. The average molecular weight is 360 g/mol. The van der Waals surface area contributed by atoms with Crippen LogP contribution in [-0.2, 0) is 13.7 Å². The Morgan fingerprint density at radius 1 is 1.15 bits per heavy atom. The lowest BCUT2D eigenvalue weighted by atomic mass is 9.86. The molecule has 0 radical (unpaired) electrons. The molecule has 2 aromatic carbocycles. The van der Waals surface area contributed by atoms with E-state index in [1.54, 1.807) is 6.26 Å². The zero-order valence-corrected chi connectivity index (χ0v) is 15.3. The van der Waals surface area contributed by atoms with Crippen molar-refractivity contribution in [2.45, 2.75) is 19.4 Å². The number of para-hydroxylation sites is 2. The molecule has 5 nitrogen and oxygen atoms in total. The standard InChI is InChI=1S/C22H20N2O3/c1-3-25-19-10-6-8-16-20(21-14(13-27-23-21)12-26-22(16)19)17-11-24(2)18-9-5-4-7-15(17)18/h4-11,13,20H,3,12H2,1-2H3. The maximum atomic E-state index is 6.16. The largest absolute Gasteiger partial charge is 0.490 e. The molecule has 27 heavy (non-hydrogen) atoms. The lowest BCUT2D eigenvalue weighted by molar-refractivity contribution is 0.268. The van der Waals surface area contributed by atoms with Gasteiger partial charge in [-0.05, 0) is 24.6 Å². The number of aromatic nitrogens is 2. The third-order valence-corrected chi connectivity index (χ3v) is 5.18. The number of rotatable bonds is 3. The van der Waals surface area contributed by atoms with E-state index in [4.69, 9.17) is 14.0 Å². The van der Waals surface area contributed by atoms with Gasteiger partial charge in [0.15, 0.2) is 11.5 Å². The number of hydrogen-bond donors (Lipinski definition) is 0. The number of ether oxygens (including phenoxy) is 2. The molecular formula is C22H20N2O3. The van der Waals surface area contributed by atoms with Crippen molar-refractivity contribution in [2.75, 3.05) is 6.61 Å². The second-order valence-corrected chi connectivity index (χ2v) is 6.77. The lowest BCUT2D eigenvalue weighted by Crippen LogP contribution is -2.05. The molecule has 0 fully saturated rings. The Bertz CT molecular complexity index is 1130. The van der Waals surface area contributed by atoms with Gasteiger partial charge in [-0.15, -0.1) is 0 Å². The van der Waals surface area contributed by atoms with Gasteiger partial charge in [0.25, 0.3) is 0 Å². The normalized spacial score (nSPS) is 15.7. The third kappa shape index (κ3) is 2.42. The smallest absolute Gasteiger partial charge is 0.165 e. The highest BCUT2D eigenvalue weighted by Gasteiger charge is 2.32. The van der Waals surface area contributed by atoms with Crippen LogP contribution in [0.1, 0.15) is 35.2 Å². The van der Waals surface area contributed by atoms with Gasteiger partial charge in [0.2, 0.25) is 0 Å². The minimum atomic E-state index is -0.0808. The van der Waals surface area contributed by atoms with Crippen molar-refractivity contribution in [3.8, 4) is 11.5 Å². The summed E-state index contributed by atoms with van der Waals surface area (Å²) in [6.07, 6.45) is 3.86. The van der Waals surface area contributed by atoms with Crippen molar-refractivity contribution in [3.63, 3.8) is 0 Å². The fourth-order valence-corrected chi connectivity index (χ4v) is 4.01. The second-order valence-electron chi connectivity index (χ2n) is 6.77. The van der Waals surface area contributed by atoms with Crippen molar-refractivity contribution in [3.05, 3.63) is 77.3 Å². The number of nitrogens with zero attached hydrogens (tertiary/aromatic N) is 2. The lowest BCUT2D eigenvalue weighted by Gasteiger charge is -2.18. The molecule has 0 spiro atoms. The van der Waals surface area contributed by atoms with E-state index >= 15 is 0 Å². The first-order valence-corrected chi connectivity index (χ1v) is 9.13. The Morgan fingerprint density at radius 2 is 2.04 bits per heavy atom. The summed E-state index contributed by atoms with van der Waals surface area (Å²) >= 11 is 0. The van der Waals surface area contributed by atoms with Crippen LogP contribution in [-0.4, -0.2) is 16.3 Å². The average Bonchev–Trinajstić information content (AvgIpc) is 3.24. The van der Waals surface area contributed by atoms with Gasteiger partial charge in [-0.3, -0.25) is 0 Å². The van der Waals surface area contributed by atoms with Crippen LogP contribution in [0.25, 0.3) is 10.9 Å². The fraction of sp³-hybridized carbons (Fsp3) is 0.227. The fourth-order valence-electron chi connectivity index (χ4n) is 4.01. The topological polar surface area (TPSA) is 49.4 Å². The second kappa shape index (κ2) is 6.20. The molecule has 1 aliphatic heterocycles. The quantitative estimate of drug-likeness (QED) is 0.534. The Morgan fingerprint density at radius 3 is 2.93 bits per heavy atom. The maximum absolute atomic E-state index is 6.16. The monoisotopic (exact) mass is 360 g/mol. The molecule has 0 aliphatic carbocycles. The zero-order valence-electron chi connectivity index (χ0n) is 15.3. The first-order valence-electron chi connectivity index (χ1n) is 9.13. The van der Waals surface area contributed by atoms with Gasteiger partial charge < -0.3 is 18.6 Å². The first-order chi connectivity index (χ1) is 13.3. The van der Waals surface area contributed by atoms with Gasteiger partial charge in [0.05, 0.1) is 18.1 Å². The molecule has 3 heterocycles. The van der Waals surface area contributed by atoms with Crippen molar-refractivity contribution in [1.82, 2.24) is 9.72 Å². The summed E-state index contributed by atoms with van der Waals surface area (Å²) < 4.78 is 19.5. The summed E-state index contributed by atoms with van der Waals surface area (Å²) in [6.45, 7) is 2.98. The third-order valence-electron chi connectivity index (χ3n) is 5.18. The van der Waals surface area contributed by atoms with Crippen molar-refractivity contribution < 1.29 is 14.0 Å². The number of aryl methyl sites for hydroxylation is 1. The van der Waals surface area contributed by atoms with Gasteiger partial charge in [0, 0.05) is 29.7 Å². The molecule has 1 atom stereocenters. The van der Waals surface area contributed by atoms with Gasteiger partial charge >= 0.3 is 0 Å². The molecule has 1 unspecified atom stereocenters. The van der Waals surface area contributed by atoms with E-state index in [-0.39, 0.29) is 5.92 Å². The van der Waals surface area contributed by atoms with Crippen LogP contribution in [0.4, 0.5) is 0 Å². The van der Waals surface area contributed by atoms with Gasteiger partial charge in [-0.2, -0.15) is 0 Å². The molecule has 4 aromatic rings. The Balaban J connectivity index is 1.81. The van der Waals surface area contributed by atoms with E-state index in [0.29, 0.717) is 13.2 Å². The maximum Gasteiger partial charge on any atom is 0.165 e. The number of fused-ring (bicyclic) bond motifs is 3. The first kappa shape index (κ1) is 16.0. The van der Waals surface area contributed by atoms with Crippen molar-refractivity contribution in [1.29, 1.82) is 0 Å². The Kier molecular flexibility index (Phi) is 3.67. The SMILES string of the molecule is CCOc1cccc2c1OCc1conc1C2c1cn(C)c2ccccc12. The molecule has 0 saturated carbocycles. The molecule has 136 valence electrons. The van der Waals surface area contributed by atoms with Crippen molar-refractivity contribution in [2.24, 2.45) is 7.05 Å². The summed E-state index contributed by atoms with van der Waals surface area (Å²) in [7, 11) is 2.07. The molecule has 2 aromatic heterocycles. The molecule has 0 saturated heterocycles. The summed E-state index contributed by atoms with van der Waals surface area (Å²) in [5.41, 5.74) is 5.28. The van der Waals surface area contributed by atoms with Crippen LogP contribution >= 0.6 is 0 Å². The number of hydrogen-bond acceptors (Lipinski definition) is 4. The van der Waals surface area contributed by atoms with E-state index in [1.807, 2.05) is 19.1 Å². The van der Waals surface area contributed by atoms with E-state index in [1.165, 1.54) is 16.5 Å². The molecule has 0 bridgehead atoms. The highest BCUT2D eigenvalue weighted by atomic mass is 16.5. The Hall–Kier alpha value is -3.21. The zero-order chi connectivity index (χ0) is 18.4. The highest BCUT2D eigenvalue weighted by molar-refractivity contribution is 5.86. The van der Waals surface area contributed by atoms with Gasteiger partial charge in [-0.25, -0.2) is 0 Å². The number of benzene rings is 2. The highest BCUT2D eigenvalue weighted by Crippen LogP contribution is 2.46. The Labute approximate surface area is 157 Å². The van der Waals surface area contributed by atoms with Gasteiger partial charge in [0.1, 0.15) is 18.6 Å². The van der Waals surface area contributed by atoms with Crippen LogP contribution in [0.15, 0.2) is 59.4 Å². The van der Waals surface area contributed by atoms with Gasteiger partial charge in [-0.1, -0.05) is 35.5 Å². The minimum Gasteiger partial charge on any atom is -0.490 e. The van der Waals surface area contributed by atoms with E-state index in [2.05, 4.69) is 53.3 Å². The summed E-state index contributed by atoms with van der Waals surface area (Å²) in [6, 6.07) is 14.5. The van der Waals surface area contributed by atoms with Crippen molar-refractivity contribution >= 4 is 10.9 Å². The molecule has 0 N–H and O–H groups in total. The van der Waals surface area contributed by atoms with Crippen LogP contribution < -0.4 is 9.47 Å². The predicted molar refractivity (Wildman–Crippen MR) is 102 cm³/mol. The van der Waals surface area contributed by atoms with E-state index in [0.717, 1.165) is 28.3 Å². The van der Waals surface area contributed by atoms with E-state index < -0.39 is 0 Å². The van der Waals surface area contributed by atoms with Crippen LogP contribution in [0.5, 0.6) is 11.5 Å². The predicted octanol–water partition coefficient (Wildman–Crippen LogP) is 4.64. The summed E-state index contributed by atoms with van der Waals surface area (Å²) in [5.74, 6) is 1.47.